The van der Waals surface area contributed by atoms with Gasteiger partial charge in [-0.05, 0) is 47.7 Å². The number of amides is 2. The van der Waals surface area contributed by atoms with E-state index in [1.165, 1.54) is 29.2 Å². The number of hydrogen-bond donors (Lipinski definition) is 0. The fourth-order valence-corrected chi connectivity index (χ4v) is 4.45. The van der Waals surface area contributed by atoms with E-state index in [1.54, 1.807) is 36.5 Å². The summed E-state index contributed by atoms with van der Waals surface area (Å²) < 4.78 is 10.7. The number of methoxy groups -OCH3 is 2. The van der Waals surface area contributed by atoms with E-state index in [9.17, 15) is 19.7 Å². The van der Waals surface area contributed by atoms with Crippen molar-refractivity contribution < 1.29 is 24.0 Å². The standard InChI is InChI=1S/C27H29N3O6S/c1-4-14-29(27(32)21-8-10-22(11-9-21)30(33)34)19-26(31)28(18-23-6-5-16-37-23)15-13-20-7-12-24(35-2)25(17-20)36-3/h4-12,16-17H,1,13-15,18-19H2,2-3H3. The molecule has 0 unspecified atom stereocenters. The Kier molecular flexibility index (Phi) is 9.79. The predicted octanol–water partition coefficient (Wildman–Crippen LogP) is 4.57. The number of carbonyl (C=O) groups excluding carboxylic acids is 2. The van der Waals surface area contributed by atoms with Crippen LogP contribution >= 0.6 is 11.3 Å². The Balaban J connectivity index is 1.76. The van der Waals surface area contributed by atoms with Crippen LogP contribution in [0.5, 0.6) is 11.5 Å². The zero-order valence-corrected chi connectivity index (χ0v) is 21.6. The SMILES string of the molecule is C=CCN(CC(=O)N(CCc1ccc(OC)c(OC)c1)Cc1cccs1)C(=O)c1ccc([N+](=O)[O-])cc1. The van der Waals surface area contributed by atoms with E-state index in [1.807, 2.05) is 35.7 Å². The quantitative estimate of drug-likeness (QED) is 0.185. The lowest BCUT2D eigenvalue weighted by molar-refractivity contribution is -0.384. The summed E-state index contributed by atoms with van der Waals surface area (Å²) in [6.45, 7) is 4.55. The molecule has 0 fully saturated rings. The summed E-state index contributed by atoms with van der Waals surface area (Å²) in [5.41, 5.74) is 1.13. The average molecular weight is 524 g/mol. The Morgan fingerprint density at radius 3 is 2.38 bits per heavy atom. The summed E-state index contributed by atoms with van der Waals surface area (Å²) >= 11 is 1.56. The van der Waals surface area contributed by atoms with Crippen molar-refractivity contribution in [3.63, 3.8) is 0 Å². The lowest BCUT2D eigenvalue weighted by Gasteiger charge is -2.27. The predicted molar refractivity (Wildman–Crippen MR) is 142 cm³/mol. The molecule has 1 heterocycles. The molecule has 0 saturated heterocycles. The average Bonchev–Trinajstić information content (AvgIpc) is 3.43. The number of nitro groups is 1. The van der Waals surface area contributed by atoms with Crippen molar-refractivity contribution >= 4 is 28.8 Å². The highest BCUT2D eigenvalue weighted by Crippen LogP contribution is 2.28. The molecule has 0 aliphatic rings. The van der Waals surface area contributed by atoms with Gasteiger partial charge in [0.1, 0.15) is 6.54 Å². The Morgan fingerprint density at radius 1 is 1.05 bits per heavy atom. The maximum absolute atomic E-state index is 13.4. The van der Waals surface area contributed by atoms with E-state index in [0.29, 0.717) is 31.0 Å². The highest BCUT2D eigenvalue weighted by Gasteiger charge is 2.23. The van der Waals surface area contributed by atoms with Gasteiger partial charge in [-0.15, -0.1) is 17.9 Å². The first kappa shape index (κ1) is 27.4. The molecule has 9 nitrogen and oxygen atoms in total. The van der Waals surface area contributed by atoms with Gasteiger partial charge in [-0.25, -0.2) is 0 Å². The second-order valence-electron chi connectivity index (χ2n) is 8.11. The van der Waals surface area contributed by atoms with E-state index in [0.717, 1.165) is 10.4 Å². The molecule has 0 atom stereocenters. The zero-order chi connectivity index (χ0) is 26.8. The van der Waals surface area contributed by atoms with Crippen LogP contribution in [0.4, 0.5) is 5.69 Å². The van der Waals surface area contributed by atoms with E-state index in [4.69, 9.17) is 9.47 Å². The van der Waals surface area contributed by atoms with E-state index >= 15 is 0 Å². The molecule has 0 N–H and O–H groups in total. The number of rotatable bonds is 13. The van der Waals surface area contributed by atoms with Gasteiger partial charge in [-0.3, -0.25) is 19.7 Å². The van der Waals surface area contributed by atoms with Gasteiger partial charge in [0.15, 0.2) is 11.5 Å². The van der Waals surface area contributed by atoms with Gasteiger partial charge in [0, 0.05) is 35.7 Å². The first-order valence-corrected chi connectivity index (χ1v) is 12.4. The van der Waals surface area contributed by atoms with Crippen LogP contribution in [0, 0.1) is 10.1 Å². The van der Waals surface area contributed by atoms with Crippen molar-refractivity contribution in [3.05, 3.63) is 98.8 Å². The third-order valence-corrected chi connectivity index (χ3v) is 6.55. The number of thiophene rings is 1. The minimum Gasteiger partial charge on any atom is -0.493 e. The molecule has 3 aromatic rings. The summed E-state index contributed by atoms with van der Waals surface area (Å²) in [6.07, 6.45) is 2.12. The number of nitro benzene ring substituents is 1. The van der Waals surface area contributed by atoms with Crippen LogP contribution in [0.2, 0.25) is 0 Å². The molecule has 0 radical (unpaired) electrons. The van der Waals surface area contributed by atoms with Gasteiger partial charge in [0.2, 0.25) is 5.91 Å². The summed E-state index contributed by atoms with van der Waals surface area (Å²) in [7, 11) is 3.15. The van der Waals surface area contributed by atoms with Gasteiger partial charge in [0.25, 0.3) is 11.6 Å². The molecule has 0 aliphatic carbocycles. The Bertz CT molecular complexity index is 1230. The maximum Gasteiger partial charge on any atom is 0.269 e. The molecule has 1 aromatic heterocycles. The summed E-state index contributed by atoms with van der Waals surface area (Å²) in [5.74, 6) is 0.620. The monoisotopic (exact) mass is 523 g/mol. The van der Waals surface area contributed by atoms with Gasteiger partial charge in [-0.1, -0.05) is 18.2 Å². The lowest BCUT2D eigenvalue weighted by Crippen LogP contribution is -2.43. The van der Waals surface area contributed by atoms with Crippen LogP contribution in [0.3, 0.4) is 0 Å². The lowest BCUT2D eigenvalue weighted by atomic mass is 10.1. The minimum atomic E-state index is -0.528. The number of benzene rings is 2. The fourth-order valence-electron chi connectivity index (χ4n) is 3.73. The van der Waals surface area contributed by atoms with Crippen molar-refractivity contribution in [2.24, 2.45) is 0 Å². The molecule has 3 rings (SSSR count). The molecule has 0 spiro atoms. The Labute approximate surface area is 219 Å². The van der Waals surface area contributed by atoms with Gasteiger partial charge in [0.05, 0.1) is 25.7 Å². The van der Waals surface area contributed by atoms with Gasteiger partial charge < -0.3 is 19.3 Å². The Hall–Kier alpha value is -4.18. The molecular weight excluding hydrogens is 494 g/mol. The fraction of sp³-hybridized carbons (Fsp3) is 0.259. The smallest absolute Gasteiger partial charge is 0.269 e. The molecule has 0 aliphatic heterocycles. The molecule has 2 aromatic carbocycles. The van der Waals surface area contributed by atoms with Gasteiger partial charge in [-0.2, -0.15) is 0 Å². The molecular formula is C27H29N3O6S. The summed E-state index contributed by atoms with van der Waals surface area (Å²) in [6, 6.07) is 14.9. The maximum atomic E-state index is 13.4. The van der Waals surface area contributed by atoms with Crippen LogP contribution in [-0.4, -0.2) is 60.4 Å². The first-order valence-electron chi connectivity index (χ1n) is 11.5. The number of nitrogens with zero attached hydrogens (tertiary/aromatic N) is 3. The third-order valence-electron chi connectivity index (χ3n) is 5.69. The van der Waals surface area contributed by atoms with Crippen LogP contribution in [0.1, 0.15) is 20.8 Å². The second kappa shape index (κ2) is 13.2. The normalized spacial score (nSPS) is 10.4. The number of ether oxygens (including phenoxy) is 2. The van der Waals surface area contributed by atoms with Crippen LogP contribution in [0.25, 0.3) is 0 Å². The van der Waals surface area contributed by atoms with Gasteiger partial charge >= 0.3 is 0 Å². The van der Waals surface area contributed by atoms with Crippen molar-refractivity contribution in [3.8, 4) is 11.5 Å². The number of non-ortho nitro benzene ring substituents is 1. The summed E-state index contributed by atoms with van der Waals surface area (Å²) in [5, 5.41) is 12.9. The van der Waals surface area contributed by atoms with Crippen molar-refractivity contribution in [2.75, 3.05) is 33.9 Å². The minimum absolute atomic E-state index is 0.111. The molecule has 0 bridgehead atoms. The van der Waals surface area contributed by atoms with Crippen LogP contribution < -0.4 is 9.47 Å². The van der Waals surface area contributed by atoms with Crippen LogP contribution in [-0.2, 0) is 17.8 Å². The topological polar surface area (TPSA) is 102 Å². The largest absolute Gasteiger partial charge is 0.493 e. The van der Waals surface area contributed by atoms with Crippen molar-refractivity contribution in [1.29, 1.82) is 0 Å². The van der Waals surface area contributed by atoms with E-state index in [2.05, 4.69) is 6.58 Å². The molecule has 0 saturated carbocycles. The Morgan fingerprint density at radius 2 is 1.78 bits per heavy atom. The first-order chi connectivity index (χ1) is 17.9. The third kappa shape index (κ3) is 7.40. The van der Waals surface area contributed by atoms with Crippen molar-refractivity contribution in [1.82, 2.24) is 9.80 Å². The van der Waals surface area contributed by atoms with Crippen molar-refractivity contribution in [2.45, 2.75) is 13.0 Å². The van der Waals surface area contributed by atoms with E-state index < -0.39 is 10.8 Å². The zero-order valence-electron chi connectivity index (χ0n) is 20.8. The second-order valence-corrected chi connectivity index (χ2v) is 9.14. The van der Waals surface area contributed by atoms with E-state index in [-0.39, 0.29) is 30.2 Å². The number of hydrogen-bond acceptors (Lipinski definition) is 7. The summed E-state index contributed by atoms with van der Waals surface area (Å²) in [4.78, 5) is 41.1. The highest BCUT2D eigenvalue weighted by molar-refractivity contribution is 7.09. The number of carbonyl (C=O) groups is 2. The molecule has 2 amide bonds. The molecule has 194 valence electrons. The molecule has 37 heavy (non-hydrogen) atoms. The highest BCUT2D eigenvalue weighted by atomic mass is 32.1. The van der Waals surface area contributed by atoms with Crippen LogP contribution in [0.15, 0.2) is 72.6 Å². The molecule has 10 heteroatoms.